The number of amides is 1. The second kappa shape index (κ2) is 7.49. The summed E-state index contributed by atoms with van der Waals surface area (Å²) in [7, 11) is 1.84. The van der Waals surface area contributed by atoms with E-state index in [1.54, 1.807) is 0 Å². The van der Waals surface area contributed by atoms with Crippen LogP contribution in [0.1, 0.15) is 42.5 Å². The number of methoxy groups -OCH3 is 1. The number of ether oxygens (including phenoxy) is 2. The van der Waals surface area contributed by atoms with Gasteiger partial charge in [0, 0.05) is 19.2 Å². The van der Waals surface area contributed by atoms with E-state index in [-0.39, 0.29) is 11.5 Å². The number of rotatable bonds is 6. The smallest absolute Gasteiger partial charge is 0.251 e. The fourth-order valence-electron chi connectivity index (χ4n) is 6.30. The summed E-state index contributed by atoms with van der Waals surface area (Å²) in [6.07, 6.45) is 6.48. The van der Waals surface area contributed by atoms with Gasteiger partial charge in [-0.25, -0.2) is 0 Å². The molecule has 2 aromatic carbocycles. The minimum atomic E-state index is -0.181. The Balaban J connectivity index is 1.23. The van der Waals surface area contributed by atoms with Crippen LogP contribution in [0.15, 0.2) is 54.6 Å². The molecule has 0 saturated heterocycles. The monoisotopic (exact) mass is 391 g/mol. The van der Waals surface area contributed by atoms with E-state index < -0.39 is 0 Å². The number of nitrogens with one attached hydrogen (secondary N) is 1. The molecular formula is C25H29NO3. The molecule has 29 heavy (non-hydrogen) atoms. The largest absolute Gasteiger partial charge is 0.457 e. The summed E-state index contributed by atoms with van der Waals surface area (Å²) in [5.41, 5.74) is 0.472. The molecule has 0 radical (unpaired) electrons. The third kappa shape index (κ3) is 3.44. The first-order chi connectivity index (χ1) is 14.2. The molecule has 4 heteroatoms. The zero-order valence-electron chi connectivity index (χ0n) is 17.0. The van der Waals surface area contributed by atoms with E-state index in [1.807, 2.05) is 61.7 Å². The number of para-hydroxylation sites is 1. The van der Waals surface area contributed by atoms with E-state index in [4.69, 9.17) is 9.47 Å². The van der Waals surface area contributed by atoms with E-state index in [0.29, 0.717) is 23.9 Å². The quantitative estimate of drug-likeness (QED) is 0.750. The van der Waals surface area contributed by atoms with Crippen molar-refractivity contribution in [2.75, 3.05) is 13.7 Å². The van der Waals surface area contributed by atoms with Crippen molar-refractivity contribution in [3.8, 4) is 11.5 Å². The van der Waals surface area contributed by atoms with Crippen LogP contribution >= 0.6 is 0 Å². The molecule has 152 valence electrons. The number of hydrogen-bond acceptors (Lipinski definition) is 3. The zero-order valence-corrected chi connectivity index (χ0v) is 17.0. The Labute approximate surface area is 172 Å². The van der Waals surface area contributed by atoms with Gasteiger partial charge in [0.05, 0.1) is 5.60 Å². The highest BCUT2D eigenvalue weighted by molar-refractivity contribution is 5.94. The minimum absolute atomic E-state index is 0.0403. The molecule has 4 aliphatic carbocycles. The van der Waals surface area contributed by atoms with E-state index in [2.05, 4.69) is 5.32 Å². The van der Waals surface area contributed by atoms with Crippen LogP contribution in [0, 0.1) is 23.7 Å². The maximum atomic E-state index is 12.8. The fraction of sp³-hybridized carbons (Fsp3) is 0.480. The third-order valence-electron chi connectivity index (χ3n) is 7.52. The minimum Gasteiger partial charge on any atom is -0.457 e. The molecule has 2 aromatic rings. The number of hydrogen-bond donors (Lipinski definition) is 1. The van der Waals surface area contributed by atoms with Crippen molar-refractivity contribution in [2.45, 2.75) is 37.7 Å². The molecular weight excluding hydrogens is 362 g/mol. The summed E-state index contributed by atoms with van der Waals surface area (Å²) in [6.45, 7) is 0.610. The van der Waals surface area contributed by atoms with E-state index in [1.165, 1.54) is 32.1 Å². The Kier molecular flexibility index (Phi) is 4.83. The maximum Gasteiger partial charge on any atom is 0.251 e. The molecule has 1 amide bonds. The summed E-state index contributed by atoms with van der Waals surface area (Å²) < 4.78 is 12.0. The van der Waals surface area contributed by atoms with Crippen LogP contribution < -0.4 is 10.1 Å². The molecule has 0 aromatic heterocycles. The molecule has 4 fully saturated rings. The highest BCUT2D eigenvalue weighted by Gasteiger charge is 2.57. The standard InChI is InChI=1S/C25H29NO3/c1-28-25(20-12-17-11-18(14-20)15-21(25)13-17)16-26-24(27)19-7-9-23(10-8-19)29-22-5-3-2-4-6-22/h2-10,17-18,20-21H,11-16H2,1H3,(H,26,27). The Morgan fingerprint density at radius 2 is 1.48 bits per heavy atom. The van der Waals surface area contributed by atoms with Gasteiger partial charge in [-0.1, -0.05) is 18.2 Å². The molecule has 4 aliphatic rings. The topological polar surface area (TPSA) is 47.6 Å². The lowest BCUT2D eigenvalue weighted by Crippen LogP contribution is -2.63. The van der Waals surface area contributed by atoms with Gasteiger partial charge in [-0.2, -0.15) is 0 Å². The summed E-state index contributed by atoms with van der Waals surface area (Å²) in [6, 6.07) is 17.0. The first-order valence-corrected chi connectivity index (χ1v) is 10.8. The van der Waals surface area contributed by atoms with Crippen molar-refractivity contribution >= 4 is 5.91 Å². The van der Waals surface area contributed by atoms with Gasteiger partial charge in [-0.15, -0.1) is 0 Å². The van der Waals surface area contributed by atoms with Gasteiger partial charge in [0.2, 0.25) is 0 Å². The lowest BCUT2D eigenvalue weighted by Gasteiger charge is -2.60. The molecule has 0 unspecified atom stereocenters. The van der Waals surface area contributed by atoms with Gasteiger partial charge < -0.3 is 14.8 Å². The molecule has 1 N–H and O–H groups in total. The summed E-state index contributed by atoms with van der Waals surface area (Å²) in [5.74, 6) is 4.41. The second-order valence-corrected chi connectivity index (χ2v) is 9.09. The lowest BCUT2D eigenvalue weighted by atomic mass is 9.49. The van der Waals surface area contributed by atoms with Crippen LogP contribution in [-0.2, 0) is 4.74 Å². The van der Waals surface area contributed by atoms with Gasteiger partial charge in [0.15, 0.2) is 0 Å². The average Bonchev–Trinajstić information content (AvgIpc) is 2.74. The summed E-state index contributed by atoms with van der Waals surface area (Å²) >= 11 is 0. The number of benzene rings is 2. The summed E-state index contributed by atoms with van der Waals surface area (Å²) in [5, 5.41) is 3.18. The molecule has 4 saturated carbocycles. The van der Waals surface area contributed by atoms with Crippen LogP contribution in [-0.4, -0.2) is 25.2 Å². The predicted molar refractivity (Wildman–Crippen MR) is 112 cm³/mol. The van der Waals surface area contributed by atoms with Crippen molar-refractivity contribution in [1.82, 2.24) is 5.32 Å². The predicted octanol–water partition coefficient (Wildman–Crippen LogP) is 5.05. The van der Waals surface area contributed by atoms with Crippen LogP contribution in [0.3, 0.4) is 0 Å². The van der Waals surface area contributed by atoms with E-state index in [9.17, 15) is 4.79 Å². The molecule has 0 spiro atoms. The SMILES string of the molecule is COC1(CNC(=O)c2ccc(Oc3ccccc3)cc2)C2CC3CC(C2)CC1C3. The van der Waals surface area contributed by atoms with Crippen molar-refractivity contribution < 1.29 is 14.3 Å². The first kappa shape index (κ1) is 18.7. The third-order valence-corrected chi connectivity index (χ3v) is 7.52. The highest BCUT2D eigenvalue weighted by atomic mass is 16.5. The summed E-state index contributed by atoms with van der Waals surface area (Å²) in [4.78, 5) is 12.8. The normalized spacial score (nSPS) is 32.2. The molecule has 4 bridgehead atoms. The Hall–Kier alpha value is -2.33. The Bertz CT molecular complexity index is 833. The maximum absolute atomic E-state index is 12.8. The Morgan fingerprint density at radius 3 is 2.07 bits per heavy atom. The van der Waals surface area contributed by atoms with E-state index in [0.717, 1.165) is 23.3 Å². The van der Waals surface area contributed by atoms with Gasteiger partial charge in [0.25, 0.3) is 5.91 Å². The van der Waals surface area contributed by atoms with Gasteiger partial charge in [-0.05, 0) is 92.2 Å². The molecule has 0 heterocycles. The molecule has 6 rings (SSSR count). The number of carbonyl (C=O) groups is 1. The van der Waals surface area contributed by atoms with Crippen LogP contribution in [0.4, 0.5) is 0 Å². The lowest BCUT2D eigenvalue weighted by molar-refractivity contribution is -0.186. The molecule has 4 nitrogen and oxygen atoms in total. The van der Waals surface area contributed by atoms with Crippen LogP contribution in [0.25, 0.3) is 0 Å². The van der Waals surface area contributed by atoms with E-state index >= 15 is 0 Å². The number of carbonyl (C=O) groups excluding carboxylic acids is 1. The average molecular weight is 392 g/mol. The Morgan fingerprint density at radius 1 is 0.897 bits per heavy atom. The van der Waals surface area contributed by atoms with Crippen molar-refractivity contribution in [1.29, 1.82) is 0 Å². The van der Waals surface area contributed by atoms with Crippen molar-refractivity contribution in [2.24, 2.45) is 23.7 Å². The molecule has 0 atom stereocenters. The van der Waals surface area contributed by atoms with Crippen LogP contribution in [0.5, 0.6) is 11.5 Å². The first-order valence-electron chi connectivity index (χ1n) is 10.8. The van der Waals surface area contributed by atoms with Crippen molar-refractivity contribution in [3.05, 3.63) is 60.2 Å². The van der Waals surface area contributed by atoms with Crippen LogP contribution in [0.2, 0.25) is 0 Å². The second-order valence-electron chi connectivity index (χ2n) is 9.09. The fourth-order valence-corrected chi connectivity index (χ4v) is 6.30. The molecule has 0 aliphatic heterocycles. The van der Waals surface area contributed by atoms with Gasteiger partial charge in [-0.3, -0.25) is 4.79 Å². The van der Waals surface area contributed by atoms with Crippen molar-refractivity contribution in [3.63, 3.8) is 0 Å². The zero-order chi connectivity index (χ0) is 19.8. The highest BCUT2D eigenvalue weighted by Crippen LogP contribution is 2.59. The van der Waals surface area contributed by atoms with Gasteiger partial charge in [0.1, 0.15) is 11.5 Å². The van der Waals surface area contributed by atoms with Gasteiger partial charge >= 0.3 is 0 Å².